The summed E-state index contributed by atoms with van der Waals surface area (Å²) in [5, 5.41) is 4.08. The Labute approximate surface area is 69.1 Å². The molecule has 0 bridgehead atoms. The molecule has 0 aromatic carbocycles. The van der Waals surface area contributed by atoms with Crippen molar-refractivity contribution in [1.82, 2.24) is 24.7 Å². The van der Waals surface area contributed by atoms with Gasteiger partial charge in [0.05, 0.1) is 6.20 Å². The fraction of sp³-hybridized carbons (Fsp3) is 0.143. The van der Waals surface area contributed by atoms with E-state index >= 15 is 0 Å². The minimum atomic E-state index is 0.679. The van der Waals surface area contributed by atoms with Gasteiger partial charge in [-0.1, -0.05) is 0 Å². The first-order valence-electron chi connectivity index (χ1n) is 3.51. The van der Waals surface area contributed by atoms with Crippen LogP contribution in [0.2, 0.25) is 0 Å². The van der Waals surface area contributed by atoms with Gasteiger partial charge in [0, 0.05) is 12.4 Å². The highest BCUT2D eigenvalue weighted by molar-refractivity contribution is 5.13. The second-order valence-corrected chi connectivity index (χ2v) is 2.30. The molecule has 0 aliphatic rings. The summed E-state index contributed by atoms with van der Waals surface area (Å²) in [5.41, 5.74) is 0. The van der Waals surface area contributed by atoms with Gasteiger partial charge in [-0.25, -0.2) is 14.6 Å². The van der Waals surface area contributed by atoms with Crippen LogP contribution in [0.15, 0.2) is 24.9 Å². The van der Waals surface area contributed by atoms with E-state index in [4.69, 9.17) is 0 Å². The molecule has 0 aliphatic heterocycles. The van der Waals surface area contributed by atoms with Crippen molar-refractivity contribution in [2.45, 2.75) is 6.92 Å². The molecule has 60 valence electrons. The van der Waals surface area contributed by atoms with Crippen LogP contribution in [0.25, 0.3) is 5.82 Å². The Morgan fingerprint density at radius 1 is 1.25 bits per heavy atom. The van der Waals surface area contributed by atoms with E-state index in [2.05, 4.69) is 20.1 Å². The zero-order valence-corrected chi connectivity index (χ0v) is 6.55. The van der Waals surface area contributed by atoms with Gasteiger partial charge in [0.2, 0.25) is 0 Å². The predicted molar refractivity (Wildman–Crippen MR) is 41.7 cm³/mol. The fourth-order valence-electron chi connectivity index (χ4n) is 0.866. The van der Waals surface area contributed by atoms with Crippen LogP contribution in [-0.2, 0) is 0 Å². The maximum atomic E-state index is 4.08. The van der Waals surface area contributed by atoms with Gasteiger partial charge in [0.15, 0.2) is 5.82 Å². The van der Waals surface area contributed by atoms with Crippen molar-refractivity contribution in [3.05, 3.63) is 30.7 Å². The lowest BCUT2D eigenvalue weighted by Crippen LogP contribution is -1.97. The van der Waals surface area contributed by atoms with Gasteiger partial charge >= 0.3 is 0 Å². The Bertz CT molecular complexity index is 366. The molecular weight excluding hydrogens is 154 g/mol. The van der Waals surface area contributed by atoms with Gasteiger partial charge in [-0.15, -0.1) is 0 Å². The van der Waals surface area contributed by atoms with Crippen LogP contribution in [0.1, 0.15) is 5.82 Å². The minimum absolute atomic E-state index is 0.679. The highest BCUT2D eigenvalue weighted by Crippen LogP contribution is 1.97. The Morgan fingerprint density at radius 2 is 2.17 bits per heavy atom. The molecule has 2 aromatic rings. The number of hydrogen-bond acceptors (Lipinski definition) is 4. The SMILES string of the molecule is Cc1ncn(-c2cnccn2)n1. The second-order valence-electron chi connectivity index (χ2n) is 2.30. The van der Waals surface area contributed by atoms with Gasteiger partial charge in [0.25, 0.3) is 0 Å². The molecule has 2 aromatic heterocycles. The van der Waals surface area contributed by atoms with Crippen molar-refractivity contribution in [2.75, 3.05) is 0 Å². The number of rotatable bonds is 1. The Morgan fingerprint density at radius 3 is 2.75 bits per heavy atom. The normalized spacial score (nSPS) is 10.1. The van der Waals surface area contributed by atoms with Gasteiger partial charge in [-0.3, -0.25) is 4.98 Å². The minimum Gasteiger partial charge on any atom is -0.259 e. The Kier molecular flexibility index (Phi) is 1.55. The van der Waals surface area contributed by atoms with Crippen molar-refractivity contribution >= 4 is 0 Å². The molecule has 0 amide bonds. The van der Waals surface area contributed by atoms with E-state index in [1.807, 2.05) is 6.92 Å². The maximum absolute atomic E-state index is 4.08. The number of hydrogen-bond donors (Lipinski definition) is 0. The van der Waals surface area contributed by atoms with Gasteiger partial charge in [-0.05, 0) is 6.92 Å². The average molecular weight is 161 g/mol. The summed E-state index contributed by atoms with van der Waals surface area (Å²) < 4.78 is 1.59. The molecule has 12 heavy (non-hydrogen) atoms. The van der Waals surface area contributed by atoms with Crippen LogP contribution in [-0.4, -0.2) is 24.7 Å². The molecule has 0 N–H and O–H groups in total. The summed E-state index contributed by atoms with van der Waals surface area (Å²) in [6.45, 7) is 1.83. The van der Waals surface area contributed by atoms with Crippen LogP contribution in [0.4, 0.5) is 0 Å². The first kappa shape index (κ1) is 6.90. The van der Waals surface area contributed by atoms with Gasteiger partial charge in [-0.2, -0.15) is 5.10 Å². The average Bonchev–Trinajstić information content (AvgIpc) is 2.54. The molecule has 0 aliphatic carbocycles. The van der Waals surface area contributed by atoms with Crippen LogP contribution in [0.3, 0.4) is 0 Å². The molecule has 2 rings (SSSR count). The van der Waals surface area contributed by atoms with E-state index in [1.54, 1.807) is 29.6 Å². The zero-order valence-electron chi connectivity index (χ0n) is 6.55. The van der Waals surface area contributed by atoms with Crippen LogP contribution in [0, 0.1) is 6.92 Å². The van der Waals surface area contributed by atoms with Crippen molar-refractivity contribution < 1.29 is 0 Å². The van der Waals surface area contributed by atoms with E-state index in [-0.39, 0.29) is 0 Å². The number of aryl methyl sites for hydroxylation is 1. The lowest BCUT2D eigenvalue weighted by Gasteiger charge is -1.94. The third-order valence-corrected chi connectivity index (χ3v) is 1.39. The standard InChI is InChI=1S/C7H7N5/c1-6-10-5-12(11-6)7-4-8-2-3-9-7/h2-5H,1H3. The van der Waals surface area contributed by atoms with E-state index in [9.17, 15) is 0 Å². The zero-order chi connectivity index (χ0) is 8.39. The van der Waals surface area contributed by atoms with Crippen molar-refractivity contribution in [2.24, 2.45) is 0 Å². The predicted octanol–water partition coefficient (Wildman–Crippen LogP) is 0.366. The molecule has 0 saturated heterocycles. The van der Waals surface area contributed by atoms with Crippen LogP contribution < -0.4 is 0 Å². The summed E-state index contributed by atoms with van der Waals surface area (Å²) in [7, 11) is 0. The molecular formula is C7H7N5. The third kappa shape index (κ3) is 1.16. The molecule has 0 spiro atoms. The number of aromatic nitrogens is 5. The topological polar surface area (TPSA) is 56.5 Å². The van der Waals surface area contributed by atoms with E-state index < -0.39 is 0 Å². The van der Waals surface area contributed by atoms with E-state index in [1.165, 1.54) is 0 Å². The first-order valence-corrected chi connectivity index (χ1v) is 3.51. The molecule has 0 unspecified atom stereocenters. The smallest absolute Gasteiger partial charge is 0.173 e. The molecule has 0 radical (unpaired) electrons. The molecule has 0 fully saturated rings. The highest BCUT2D eigenvalue weighted by Gasteiger charge is 1.98. The number of nitrogens with zero attached hydrogens (tertiary/aromatic N) is 5. The Hall–Kier alpha value is -1.78. The van der Waals surface area contributed by atoms with Crippen molar-refractivity contribution in [1.29, 1.82) is 0 Å². The third-order valence-electron chi connectivity index (χ3n) is 1.39. The van der Waals surface area contributed by atoms with Crippen molar-refractivity contribution in [3.8, 4) is 5.82 Å². The second kappa shape index (κ2) is 2.69. The highest BCUT2D eigenvalue weighted by atomic mass is 15.4. The van der Waals surface area contributed by atoms with Crippen molar-refractivity contribution in [3.63, 3.8) is 0 Å². The van der Waals surface area contributed by atoms with Gasteiger partial charge in [0.1, 0.15) is 12.2 Å². The van der Waals surface area contributed by atoms with Gasteiger partial charge < -0.3 is 0 Å². The summed E-state index contributed by atoms with van der Waals surface area (Å²) in [6.07, 6.45) is 6.48. The van der Waals surface area contributed by atoms with E-state index in [0.717, 1.165) is 5.82 Å². The molecule has 5 nitrogen and oxygen atoms in total. The fourth-order valence-corrected chi connectivity index (χ4v) is 0.866. The van der Waals surface area contributed by atoms with E-state index in [0.29, 0.717) is 5.82 Å². The Balaban J connectivity index is 2.45. The largest absolute Gasteiger partial charge is 0.259 e. The summed E-state index contributed by atoms with van der Waals surface area (Å²) >= 11 is 0. The monoisotopic (exact) mass is 161 g/mol. The van der Waals surface area contributed by atoms with Crippen LogP contribution >= 0.6 is 0 Å². The first-order chi connectivity index (χ1) is 5.86. The molecule has 2 heterocycles. The quantitative estimate of drug-likeness (QED) is 0.606. The van der Waals surface area contributed by atoms with Crippen LogP contribution in [0.5, 0.6) is 0 Å². The molecule has 0 atom stereocenters. The lowest BCUT2D eigenvalue weighted by molar-refractivity contribution is 0.824. The molecule has 0 saturated carbocycles. The summed E-state index contributed by atoms with van der Waals surface area (Å²) in [4.78, 5) is 12.0. The summed E-state index contributed by atoms with van der Waals surface area (Å²) in [6, 6.07) is 0. The summed E-state index contributed by atoms with van der Waals surface area (Å²) in [5.74, 6) is 1.40. The maximum Gasteiger partial charge on any atom is 0.173 e. The molecule has 5 heteroatoms. The lowest BCUT2D eigenvalue weighted by atomic mass is 10.7.